The van der Waals surface area contributed by atoms with Crippen molar-refractivity contribution >= 4 is 0 Å². The highest BCUT2D eigenvalue weighted by molar-refractivity contribution is 5.27. The SMILES string of the molecule is CC(C)Oc1ccc(CNCc2ncn(C)n2)cc1. The van der Waals surface area contributed by atoms with Crippen LogP contribution in [0, 0.1) is 0 Å². The van der Waals surface area contributed by atoms with Crippen molar-refractivity contribution in [2.45, 2.75) is 33.0 Å². The van der Waals surface area contributed by atoms with Gasteiger partial charge in [-0.05, 0) is 31.5 Å². The van der Waals surface area contributed by atoms with Gasteiger partial charge in [0.15, 0.2) is 5.82 Å². The smallest absolute Gasteiger partial charge is 0.164 e. The molecule has 19 heavy (non-hydrogen) atoms. The highest BCUT2D eigenvalue weighted by Gasteiger charge is 2.00. The maximum Gasteiger partial charge on any atom is 0.164 e. The largest absolute Gasteiger partial charge is 0.491 e. The van der Waals surface area contributed by atoms with E-state index in [9.17, 15) is 0 Å². The minimum Gasteiger partial charge on any atom is -0.491 e. The van der Waals surface area contributed by atoms with Gasteiger partial charge in [0.2, 0.25) is 0 Å². The van der Waals surface area contributed by atoms with E-state index in [0.717, 1.165) is 18.1 Å². The number of aryl methyl sites for hydroxylation is 1. The second-order valence-corrected chi connectivity index (χ2v) is 4.75. The molecule has 0 aliphatic carbocycles. The number of hydrogen-bond acceptors (Lipinski definition) is 4. The summed E-state index contributed by atoms with van der Waals surface area (Å²) in [4.78, 5) is 4.16. The number of hydrogen-bond donors (Lipinski definition) is 1. The molecular weight excluding hydrogens is 240 g/mol. The summed E-state index contributed by atoms with van der Waals surface area (Å²) in [5.74, 6) is 1.72. The predicted molar refractivity (Wildman–Crippen MR) is 73.8 cm³/mol. The lowest BCUT2D eigenvalue weighted by molar-refractivity contribution is 0.242. The zero-order valence-electron chi connectivity index (χ0n) is 11.6. The highest BCUT2D eigenvalue weighted by atomic mass is 16.5. The molecule has 0 spiro atoms. The third-order valence-corrected chi connectivity index (χ3v) is 2.55. The Morgan fingerprint density at radius 1 is 1.21 bits per heavy atom. The van der Waals surface area contributed by atoms with E-state index >= 15 is 0 Å². The van der Waals surface area contributed by atoms with Crippen molar-refractivity contribution in [1.29, 1.82) is 0 Å². The van der Waals surface area contributed by atoms with Crippen molar-refractivity contribution in [3.8, 4) is 5.75 Å². The van der Waals surface area contributed by atoms with Gasteiger partial charge in [0.05, 0.1) is 12.6 Å². The topological polar surface area (TPSA) is 52.0 Å². The molecule has 0 aliphatic heterocycles. The molecule has 0 saturated carbocycles. The zero-order chi connectivity index (χ0) is 13.7. The molecule has 0 radical (unpaired) electrons. The molecule has 0 atom stereocenters. The van der Waals surface area contributed by atoms with Crippen LogP contribution in [-0.4, -0.2) is 20.9 Å². The van der Waals surface area contributed by atoms with Gasteiger partial charge in [-0.15, -0.1) is 0 Å². The van der Waals surface area contributed by atoms with Crippen LogP contribution in [0.25, 0.3) is 0 Å². The molecule has 1 N–H and O–H groups in total. The summed E-state index contributed by atoms with van der Waals surface area (Å²) in [7, 11) is 1.87. The Labute approximate surface area is 113 Å². The summed E-state index contributed by atoms with van der Waals surface area (Å²) in [5.41, 5.74) is 1.21. The quantitative estimate of drug-likeness (QED) is 0.861. The predicted octanol–water partition coefficient (Wildman–Crippen LogP) is 1.89. The Hall–Kier alpha value is -1.88. The van der Waals surface area contributed by atoms with Gasteiger partial charge >= 0.3 is 0 Å². The van der Waals surface area contributed by atoms with Gasteiger partial charge in [0, 0.05) is 13.6 Å². The van der Waals surface area contributed by atoms with Gasteiger partial charge in [-0.1, -0.05) is 12.1 Å². The lowest BCUT2D eigenvalue weighted by Crippen LogP contribution is -2.14. The molecule has 0 saturated heterocycles. The first-order valence-corrected chi connectivity index (χ1v) is 6.44. The summed E-state index contributed by atoms with van der Waals surface area (Å²) in [5, 5.41) is 7.52. The van der Waals surface area contributed by atoms with Crippen LogP contribution in [0.15, 0.2) is 30.6 Å². The summed E-state index contributed by atoms with van der Waals surface area (Å²) >= 11 is 0. The van der Waals surface area contributed by atoms with Gasteiger partial charge in [-0.25, -0.2) is 4.98 Å². The number of benzene rings is 1. The van der Waals surface area contributed by atoms with Gasteiger partial charge < -0.3 is 10.1 Å². The number of ether oxygens (including phenoxy) is 1. The lowest BCUT2D eigenvalue weighted by atomic mass is 10.2. The van der Waals surface area contributed by atoms with E-state index in [1.807, 2.05) is 33.0 Å². The third-order valence-electron chi connectivity index (χ3n) is 2.55. The van der Waals surface area contributed by atoms with Crippen LogP contribution in [0.2, 0.25) is 0 Å². The van der Waals surface area contributed by atoms with Crippen LogP contribution < -0.4 is 10.1 Å². The van der Waals surface area contributed by atoms with Crippen molar-refractivity contribution in [2.75, 3.05) is 0 Å². The van der Waals surface area contributed by atoms with Crippen molar-refractivity contribution < 1.29 is 4.74 Å². The number of nitrogens with zero attached hydrogens (tertiary/aromatic N) is 3. The van der Waals surface area contributed by atoms with E-state index in [1.165, 1.54) is 5.56 Å². The fourth-order valence-electron chi connectivity index (χ4n) is 1.74. The maximum atomic E-state index is 5.60. The van der Waals surface area contributed by atoms with E-state index in [-0.39, 0.29) is 6.10 Å². The van der Waals surface area contributed by atoms with E-state index in [1.54, 1.807) is 11.0 Å². The van der Waals surface area contributed by atoms with E-state index < -0.39 is 0 Å². The Balaban J connectivity index is 1.79. The summed E-state index contributed by atoms with van der Waals surface area (Å²) in [6.45, 7) is 5.51. The third kappa shape index (κ3) is 4.37. The molecule has 1 heterocycles. The van der Waals surface area contributed by atoms with Crippen LogP contribution in [0.4, 0.5) is 0 Å². The zero-order valence-corrected chi connectivity index (χ0v) is 11.6. The van der Waals surface area contributed by atoms with Gasteiger partial charge in [-0.3, -0.25) is 4.68 Å². The van der Waals surface area contributed by atoms with Gasteiger partial charge in [0.1, 0.15) is 12.1 Å². The Kier molecular flexibility index (Phi) is 4.52. The molecule has 5 nitrogen and oxygen atoms in total. The molecule has 1 aromatic carbocycles. The van der Waals surface area contributed by atoms with Crippen molar-refractivity contribution in [3.63, 3.8) is 0 Å². The molecule has 102 valence electrons. The summed E-state index contributed by atoms with van der Waals surface area (Å²) in [6, 6.07) is 8.12. The second kappa shape index (κ2) is 6.33. The minimum absolute atomic E-state index is 0.208. The standard InChI is InChI=1S/C14H20N4O/c1-11(2)19-13-6-4-12(5-7-13)8-15-9-14-16-10-18(3)17-14/h4-7,10-11,15H,8-9H2,1-3H3. The molecule has 0 bridgehead atoms. The molecular formula is C14H20N4O. The molecule has 1 aromatic heterocycles. The van der Waals surface area contributed by atoms with E-state index in [2.05, 4.69) is 27.5 Å². The molecule has 0 aliphatic rings. The lowest BCUT2D eigenvalue weighted by Gasteiger charge is -2.10. The first kappa shape index (κ1) is 13.5. The first-order valence-electron chi connectivity index (χ1n) is 6.44. The van der Waals surface area contributed by atoms with Crippen molar-refractivity contribution in [3.05, 3.63) is 42.0 Å². The number of rotatable bonds is 6. The Morgan fingerprint density at radius 2 is 1.95 bits per heavy atom. The van der Waals surface area contributed by atoms with Gasteiger partial charge in [0.25, 0.3) is 0 Å². The van der Waals surface area contributed by atoms with Crippen LogP contribution in [0.3, 0.4) is 0 Å². The monoisotopic (exact) mass is 260 g/mol. The van der Waals surface area contributed by atoms with E-state index in [4.69, 9.17) is 4.74 Å². The second-order valence-electron chi connectivity index (χ2n) is 4.75. The van der Waals surface area contributed by atoms with Crippen LogP contribution >= 0.6 is 0 Å². The van der Waals surface area contributed by atoms with Crippen molar-refractivity contribution in [1.82, 2.24) is 20.1 Å². The van der Waals surface area contributed by atoms with E-state index in [0.29, 0.717) is 6.54 Å². The normalized spacial score (nSPS) is 10.9. The molecule has 0 amide bonds. The molecule has 2 aromatic rings. The Bertz CT molecular complexity index is 504. The van der Waals surface area contributed by atoms with Crippen molar-refractivity contribution in [2.24, 2.45) is 7.05 Å². The maximum absolute atomic E-state index is 5.60. The Morgan fingerprint density at radius 3 is 2.53 bits per heavy atom. The molecule has 0 unspecified atom stereocenters. The fourth-order valence-corrected chi connectivity index (χ4v) is 1.74. The van der Waals surface area contributed by atoms with Crippen LogP contribution in [-0.2, 0) is 20.1 Å². The van der Waals surface area contributed by atoms with Crippen LogP contribution in [0.5, 0.6) is 5.75 Å². The first-order chi connectivity index (χ1) is 9.13. The van der Waals surface area contributed by atoms with Gasteiger partial charge in [-0.2, -0.15) is 5.10 Å². The minimum atomic E-state index is 0.208. The molecule has 2 rings (SSSR count). The number of nitrogens with one attached hydrogen (secondary N) is 1. The average molecular weight is 260 g/mol. The average Bonchev–Trinajstić information content (AvgIpc) is 2.77. The number of aromatic nitrogens is 3. The highest BCUT2D eigenvalue weighted by Crippen LogP contribution is 2.13. The molecule has 0 fully saturated rings. The summed E-state index contributed by atoms with van der Waals surface area (Å²) < 4.78 is 7.31. The molecule has 5 heteroatoms. The fraction of sp³-hybridized carbons (Fsp3) is 0.429. The summed E-state index contributed by atoms with van der Waals surface area (Å²) in [6.07, 6.45) is 1.91. The van der Waals surface area contributed by atoms with Crippen LogP contribution in [0.1, 0.15) is 25.2 Å².